The van der Waals surface area contributed by atoms with Gasteiger partial charge in [-0.05, 0) is 129 Å². The number of hydrogen-bond donors (Lipinski definition) is 0. The molecule has 0 N–H and O–H groups in total. The van der Waals surface area contributed by atoms with Gasteiger partial charge < -0.3 is 0 Å². The van der Waals surface area contributed by atoms with Crippen LogP contribution in [0.15, 0.2) is 36.4 Å². The summed E-state index contributed by atoms with van der Waals surface area (Å²) in [5, 5.41) is 0. The van der Waals surface area contributed by atoms with E-state index < -0.39 is 0 Å². The second-order valence-electron chi connectivity index (χ2n) is 8.60. The molecule has 28 heavy (non-hydrogen) atoms. The molecule has 146 valence electrons. The van der Waals surface area contributed by atoms with Crippen LogP contribution in [0.4, 0.5) is 0 Å². The Labute approximate surface area is 171 Å². The van der Waals surface area contributed by atoms with Crippen LogP contribution in [0, 0.1) is 62.3 Å². The van der Waals surface area contributed by atoms with E-state index in [0.29, 0.717) is 0 Å². The molecule has 0 spiro atoms. The molecule has 0 aromatic heterocycles. The molecule has 0 saturated heterocycles. The van der Waals surface area contributed by atoms with Gasteiger partial charge in [0.1, 0.15) is 0 Å². The molecule has 0 unspecified atom stereocenters. The Balaban J connectivity index is 2.38. The summed E-state index contributed by atoms with van der Waals surface area (Å²) in [5.41, 5.74) is 16.9. The molecule has 0 aliphatic heterocycles. The van der Waals surface area contributed by atoms with Gasteiger partial charge in [-0.1, -0.05) is 36.4 Å². The first kappa shape index (κ1) is 20.4. The third kappa shape index (κ3) is 3.30. The number of rotatable bonds is 3. The van der Waals surface area contributed by atoms with Crippen LogP contribution in [0.25, 0.3) is 0 Å². The third-order valence-electron chi connectivity index (χ3n) is 7.23. The van der Waals surface area contributed by atoms with E-state index >= 15 is 0 Å². The molecule has 0 amide bonds. The average molecular weight is 371 g/mol. The second kappa shape index (κ2) is 7.59. The molecule has 0 fully saturated rings. The lowest BCUT2D eigenvalue weighted by Gasteiger charge is -2.27. The Morgan fingerprint density at radius 1 is 0.357 bits per heavy atom. The molecule has 0 heteroatoms. The minimum absolute atomic E-state index is 0.262. The van der Waals surface area contributed by atoms with Crippen LogP contribution in [0.2, 0.25) is 0 Å². The summed E-state index contributed by atoms with van der Waals surface area (Å²) in [5.74, 6) is 0.262. The molecule has 0 radical (unpaired) electrons. The van der Waals surface area contributed by atoms with Crippen LogP contribution >= 0.6 is 0 Å². The van der Waals surface area contributed by atoms with Crippen molar-refractivity contribution in [1.29, 1.82) is 0 Å². The van der Waals surface area contributed by atoms with Crippen LogP contribution < -0.4 is 0 Å². The largest absolute Gasteiger partial charge is 0.0587 e. The van der Waals surface area contributed by atoms with E-state index in [9.17, 15) is 0 Å². The molecule has 3 aromatic carbocycles. The van der Waals surface area contributed by atoms with Crippen molar-refractivity contribution in [2.45, 2.75) is 68.2 Å². The summed E-state index contributed by atoms with van der Waals surface area (Å²) in [6.07, 6.45) is 0. The molecule has 3 aromatic rings. The summed E-state index contributed by atoms with van der Waals surface area (Å²) >= 11 is 0. The van der Waals surface area contributed by atoms with Crippen LogP contribution in [0.5, 0.6) is 0 Å². The third-order valence-corrected chi connectivity index (χ3v) is 7.23. The monoisotopic (exact) mass is 370 g/mol. The minimum atomic E-state index is 0.262. The molecule has 3 rings (SSSR count). The highest BCUT2D eigenvalue weighted by molar-refractivity contribution is 5.56. The van der Waals surface area contributed by atoms with Gasteiger partial charge in [-0.3, -0.25) is 0 Å². The van der Waals surface area contributed by atoms with Gasteiger partial charge in [0.15, 0.2) is 0 Å². The SMILES string of the molecule is Cc1ccc(C(c2ccc(C)c(C)c2C)c2ccc(C)c(C)c2C)c(C)c1C. The normalized spacial score (nSPS) is 11.4. The van der Waals surface area contributed by atoms with Crippen LogP contribution in [0.3, 0.4) is 0 Å². The summed E-state index contributed by atoms with van der Waals surface area (Å²) < 4.78 is 0. The van der Waals surface area contributed by atoms with Crippen molar-refractivity contribution < 1.29 is 0 Å². The van der Waals surface area contributed by atoms with Crippen molar-refractivity contribution in [3.63, 3.8) is 0 Å². The van der Waals surface area contributed by atoms with E-state index in [4.69, 9.17) is 0 Å². The summed E-state index contributed by atoms with van der Waals surface area (Å²) in [7, 11) is 0. The lowest BCUT2D eigenvalue weighted by molar-refractivity contribution is 0.919. The highest BCUT2D eigenvalue weighted by Gasteiger charge is 2.24. The van der Waals surface area contributed by atoms with Gasteiger partial charge in [-0.25, -0.2) is 0 Å². The Morgan fingerprint density at radius 2 is 0.607 bits per heavy atom. The van der Waals surface area contributed by atoms with Crippen LogP contribution in [0.1, 0.15) is 72.7 Å². The van der Waals surface area contributed by atoms with Gasteiger partial charge in [0.25, 0.3) is 0 Å². The maximum atomic E-state index is 2.35. The lowest BCUT2D eigenvalue weighted by Crippen LogP contribution is -2.12. The Bertz CT molecular complexity index is 914. The van der Waals surface area contributed by atoms with Gasteiger partial charge in [0, 0.05) is 5.92 Å². The molecule has 0 saturated carbocycles. The number of benzene rings is 3. The summed E-state index contributed by atoms with van der Waals surface area (Å²) in [6, 6.07) is 13.9. The van der Waals surface area contributed by atoms with E-state index in [-0.39, 0.29) is 5.92 Å². The summed E-state index contributed by atoms with van der Waals surface area (Å²) in [6.45, 7) is 20.3. The predicted octanol–water partition coefficient (Wildman–Crippen LogP) is 7.64. The standard InChI is InChI=1S/C28H34/c1-16-10-13-25(22(7)19(16)4)28(26-14-11-17(2)20(5)23(26)8)27-15-12-18(3)21(6)24(27)9/h10-15,28H,1-9H3. The van der Waals surface area contributed by atoms with Gasteiger partial charge in [-0.2, -0.15) is 0 Å². The van der Waals surface area contributed by atoms with Crippen LogP contribution in [-0.4, -0.2) is 0 Å². The van der Waals surface area contributed by atoms with Crippen molar-refractivity contribution in [2.24, 2.45) is 0 Å². The highest BCUT2D eigenvalue weighted by atomic mass is 14.3. The highest BCUT2D eigenvalue weighted by Crippen LogP contribution is 2.40. The Hall–Kier alpha value is -2.34. The topological polar surface area (TPSA) is 0 Å². The molecular weight excluding hydrogens is 336 g/mol. The van der Waals surface area contributed by atoms with Gasteiger partial charge in [0.05, 0.1) is 0 Å². The summed E-state index contributed by atoms with van der Waals surface area (Å²) in [4.78, 5) is 0. The fraction of sp³-hybridized carbons (Fsp3) is 0.357. The Kier molecular flexibility index (Phi) is 5.53. The molecule has 0 aliphatic carbocycles. The van der Waals surface area contributed by atoms with E-state index in [0.717, 1.165) is 0 Å². The zero-order valence-electron chi connectivity index (χ0n) is 19.0. The number of hydrogen-bond acceptors (Lipinski definition) is 0. The maximum absolute atomic E-state index is 2.35. The lowest BCUT2D eigenvalue weighted by atomic mass is 9.76. The average Bonchev–Trinajstić information content (AvgIpc) is 2.67. The van der Waals surface area contributed by atoms with Gasteiger partial charge in [0.2, 0.25) is 0 Å². The molecular formula is C28H34. The fourth-order valence-electron chi connectivity index (χ4n) is 4.37. The van der Waals surface area contributed by atoms with E-state index in [2.05, 4.69) is 98.7 Å². The van der Waals surface area contributed by atoms with Crippen molar-refractivity contribution in [3.8, 4) is 0 Å². The first-order valence-corrected chi connectivity index (χ1v) is 10.3. The molecule has 0 nitrogen and oxygen atoms in total. The minimum Gasteiger partial charge on any atom is -0.0587 e. The Morgan fingerprint density at radius 3 is 0.857 bits per heavy atom. The van der Waals surface area contributed by atoms with E-state index in [1.54, 1.807) is 0 Å². The van der Waals surface area contributed by atoms with E-state index in [1.807, 2.05) is 0 Å². The molecule has 0 aliphatic rings. The first-order valence-electron chi connectivity index (χ1n) is 10.3. The maximum Gasteiger partial charge on any atom is 0.0348 e. The second-order valence-corrected chi connectivity index (χ2v) is 8.60. The molecule has 0 bridgehead atoms. The van der Waals surface area contributed by atoms with Crippen molar-refractivity contribution in [1.82, 2.24) is 0 Å². The molecule has 0 heterocycles. The van der Waals surface area contributed by atoms with Gasteiger partial charge >= 0.3 is 0 Å². The van der Waals surface area contributed by atoms with Crippen LogP contribution in [-0.2, 0) is 0 Å². The first-order chi connectivity index (χ1) is 13.1. The van der Waals surface area contributed by atoms with Gasteiger partial charge in [-0.15, -0.1) is 0 Å². The predicted molar refractivity (Wildman–Crippen MR) is 123 cm³/mol. The van der Waals surface area contributed by atoms with Crippen molar-refractivity contribution in [2.75, 3.05) is 0 Å². The quantitative estimate of drug-likeness (QED) is 0.415. The van der Waals surface area contributed by atoms with Crippen molar-refractivity contribution >= 4 is 0 Å². The zero-order valence-corrected chi connectivity index (χ0v) is 19.0. The smallest absolute Gasteiger partial charge is 0.0348 e. The number of aryl methyl sites for hydroxylation is 3. The zero-order chi connectivity index (χ0) is 20.7. The fourth-order valence-corrected chi connectivity index (χ4v) is 4.37. The van der Waals surface area contributed by atoms with E-state index in [1.165, 1.54) is 66.8 Å². The van der Waals surface area contributed by atoms with Crippen molar-refractivity contribution in [3.05, 3.63) is 103 Å². The molecule has 0 atom stereocenters.